The minimum absolute atomic E-state index is 0.0268. The van der Waals surface area contributed by atoms with E-state index in [0.717, 1.165) is 31.6 Å². The molecule has 1 aromatic heterocycles. The lowest BCUT2D eigenvalue weighted by atomic mass is 10.0. The van der Waals surface area contributed by atoms with Crippen LogP contribution in [0.15, 0.2) is 30.3 Å². The van der Waals surface area contributed by atoms with E-state index >= 15 is 0 Å². The van der Waals surface area contributed by atoms with E-state index in [1.807, 2.05) is 24.8 Å². The Kier molecular flexibility index (Phi) is 6.52. The number of nitrogens with zero attached hydrogens (tertiary/aromatic N) is 2. The summed E-state index contributed by atoms with van der Waals surface area (Å²) in [6, 6.07) is 10.4. The summed E-state index contributed by atoms with van der Waals surface area (Å²) in [5.41, 5.74) is 3.81. The van der Waals surface area contributed by atoms with E-state index in [-0.39, 0.29) is 11.9 Å². The Labute approximate surface area is 166 Å². The smallest absolute Gasteiger partial charge is 0.339 e. The maximum Gasteiger partial charge on any atom is 0.339 e. The van der Waals surface area contributed by atoms with E-state index in [2.05, 4.69) is 34.1 Å². The van der Waals surface area contributed by atoms with Gasteiger partial charge >= 0.3 is 5.97 Å². The molecule has 1 amide bonds. The Morgan fingerprint density at radius 3 is 2.39 bits per heavy atom. The van der Waals surface area contributed by atoms with Crippen molar-refractivity contribution in [2.75, 3.05) is 33.3 Å². The van der Waals surface area contributed by atoms with Gasteiger partial charge in [-0.1, -0.05) is 43.7 Å². The monoisotopic (exact) mass is 383 g/mol. The van der Waals surface area contributed by atoms with Crippen molar-refractivity contribution >= 4 is 11.9 Å². The van der Waals surface area contributed by atoms with Crippen molar-refractivity contribution in [3.8, 4) is 0 Å². The molecule has 0 saturated carbocycles. The maximum absolute atomic E-state index is 13.2. The number of piperazine rings is 1. The van der Waals surface area contributed by atoms with Gasteiger partial charge in [-0.15, -0.1) is 0 Å². The van der Waals surface area contributed by atoms with Crippen molar-refractivity contribution in [2.45, 2.75) is 33.2 Å². The van der Waals surface area contributed by atoms with Gasteiger partial charge in [0.05, 0.1) is 12.7 Å². The van der Waals surface area contributed by atoms with Crippen molar-refractivity contribution in [1.29, 1.82) is 0 Å². The second-order valence-electron chi connectivity index (χ2n) is 7.27. The number of hydrogen-bond acceptors (Lipinski definition) is 4. The van der Waals surface area contributed by atoms with Crippen LogP contribution in [0.3, 0.4) is 0 Å². The molecule has 150 valence electrons. The van der Waals surface area contributed by atoms with Gasteiger partial charge in [-0.25, -0.2) is 4.79 Å². The molecule has 0 spiro atoms. The van der Waals surface area contributed by atoms with E-state index in [1.165, 1.54) is 12.7 Å². The molecule has 0 radical (unpaired) electrons. The first-order valence-corrected chi connectivity index (χ1v) is 9.90. The van der Waals surface area contributed by atoms with Gasteiger partial charge in [0.2, 0.25) is 0 Å². The lowest BCUT2D eigenvalue weighted by Crippen LogP contribution is -2.48. The van der Waals surface area contributed by atoms with Crippen molar-refractivity contribution in [1.82, 2.24) is 14.8 Å². The molecular formula is C22H29N3O3. The van der Waals surface area contributed by atoms with E-state index < -0.39 is 0 Å². The largest absolute Gasteiger partial charge is 0.465 e. The van der Waals surface area contributed by atoms with E-state index in [4.69, 9.17) is 4.74 Å². The predicted octanol–water partition coefficient (Wildman–Crippen LogP) is 3.02. The lowest BCUT2D eigenvalue weighted by Gasteiger charge is -2.34. The summed E-state index contributed by atoms with van der Waals surface area (Å²) in [6.07, 6.45) is 1.52. The summed E-state index contributed by atoms with van der Waals surface area (Å²) in [6.45, 7) is 7.81. The number of aromatic nitrogens is 1. The number of amides is 1. The van der Waals surface area contributed by atoms with Crippen molar-refractivity contribution in [3.05, 3.63) is 58.4 Å². The molecule has 1 N–H and O–H groups in total. The van der Waals surface area contributed by atoms with Gasteiger partial charge < -0.3 is 14.6 Å². The van der Waals surface area contributed by atoms with Gasteiger partial charge in [0.25, 0.3) is 5.91 Å². The summed E-state index contributed by atoms with van der Waals surface area (Å²) in [4.78, 5) is 32.8. The number of ether oxygens (including phenoxy) is 1. The number of rotatable bonds is 6. The number of esters is 1. The van der Waals surface area contributed by atoms with Gasteiger partial charge in [0.1, 0.15) is 5.69 Å². The number of benzene rings is 1. The highest BCUT2D eigenvalue weighted by atomic mass is 16.5. The van der Waals surface area contributed by atoms with Crippen LogP contribution in [0.5, 0.6) is 0 Å². The minimum atomic E-state index is -0.385. The molecule has 2 heterocycles. The number of methoxy groups -OCH3 is 1. The molecule has 0 bridgehead atoms. The van der Waals surface area contributed by atoms with Gasteiger partial charge in [0.15, 0.2) is 0 Å². The second-order valence-corrected chi connectivity index (χ2v) is 7.27. The molecule has 28 heavy (non-hydrogen) atoms. The van der Waals surface area contributed by atoms with E-state index in [0.29, 0.717) is 36.5 Å². The number of aromatic amines is 1. The molecule has 6 heteroatoms. The van der Waals surface area contributed by atoms with E-state index in [1.54, 1.807) is 0 Å². The van der Waals surface area contributed by atoms with Gasteiger partial charge in [0, 0.05) is 38.4 Å². The van der Waals surface area contributed by atoms with Crippen molar-refractivity contribution < 1.29 is 14.3 Å². The number of aryl methyl sites for hydroxylation is 1. The molecule has 3 rings (SSSR count). The molecule has 1 saturated heterocycles. The summed E-state index contributed by atoms with van der Waals surface area (Å²) >= 11 is 0. The Morgan fingerprint density at radius 1 is 1.11 bits per heavy atom. The van der Waals surface area contributed by atoms with Crippen LogP contribution in [0.2, 0.25) is 0 Å². The first-order chi connectivity index (χ1) is 13.5. The number of H-pyrrole nitrogens is 1. The fraction of sp³-hybridized carbons (Fsp3) is 0.455. The standard InChI is InChI=1S/C22H29N3O3/c1-4-8-18-19(22(27)28-3)16(2)23-20(18)21(26)25-13-11-24(12-14-25)15-17-9-6-5-7-10-17/h5-7,9-10,23H,4,8,11-15H2,1-3H3. The number of carbonyl (C=O) groups excluding carboxylic acids is 2. The third-order valence-corrected chi connectivity index (χ3v) is 5.30. The number of hydrogen-bond donors (Lipinski definition) is 1. The SMILES string of the molecule is CCCc1c(C(=O)N2CCN(Cc3ccccc3)CC2)[nH]c(C)c1C(=O)OC. The molecule has 2 aromatic rings. The highest BCUT2D eigenvalue weighted by Crippen LogP contribution is 2.23. The quantitative estimate of drug-likeness (QED) is 0.779. The average Bonchev–Trinajstić information content (AvgIpc) is 3.04. The van der Waals surface area contributed by atoms with Crippen molar-refractivity contribution in [3.63, 3.8) is 0 Å². The van der Waals surface area contributed by atoms with Gasteiger partial charge in [-0.3, -0.25) is 9.69 Å². The highest BCUT2D eigenvalue weighted by molar-refractivity contribution is 6.00. The molecule has 1 fully saturated rings. The highest BCUT2D eigenvalue weighted by Gasteiger charge is 2.29. The summed E-state index contributed by atoms with van der Waals surface area (Å²) in [7, 11) is 1.37. The zero-order chi connectivity index (χ0) is 20.1. The normalized spacial score (nSPS) is 14.9. The average molecular weight is 383 g/mol. The zero-order valence-electron chi connectivity index (χ0n) is 17.0. The van der Waals surface area contributed by atoms with E-state index in [9.17, 15) is 9.59 Å². The molecule has 6 nitrogen and oxygen atoms in total. The lowest BCUT2D eigenvalue weighted by molar-refractivity contribution is 0.0599. The molecular weight excluding hydrogens is 354 g/mol. The third kappa shape index (κ3) is 4.28. The van der Waals surface area contributed by atoms with Crippen LogP contribution >= 0.6 is 0 Å². The van der Waals surface area contributed by atoms with Crippen LogP contribution in [-0.2, 0) is 17.7 Å². The molecule has 0 unspecified atom stereocenters. The fourth-order valence-electron chi connectivity index (χ4n) is 3.85. The van der Waals surface area contributed by atoms with Crippen LogP contribution in [0, 0.1) is 6.92 Å². The van der Waals surface area contributed by atoms with Gasteiger partial charge in [-0.05, 0) is 24.5 Å². The molecule has 0 aliphatic carbocycles. The second kappa shape index (κ2) is 9.06. The van der Waals surface area contributed by atoms with Crippen LogP contribution < -0.4 is 0 Å². The topological polar surface area (TPSA) is 65.6 Å². The first kappa shape index (κ1) is 20.1. The Hall–Kier alpha value is -2.60. The fourth-order valence-corrected chi connectivity index (χ4v) is 3.85. The Morgan fingerprint density at radius 2 is 1.79 bits per heavy atom. The van der Waals surface area contributed by atoms with Crippen LogP contribution in [0.25, 0.3) is 0 Å². The minimum Gasteiger partial charge on any atom is -0.465 e. The van der Waals surface area contributed by atoms with Crippen LogP contribution in [-0.4, -0.2) is 59.9 Å². The van der Waals surface area contributed by atoms with Crippen molar-refractivity contribution in [2.24, 2.45) is 0 Å². The summed E-state index contributed by atoms with van der Waals surface area (Å²) in [5, 5.41) is 0. The molecule has 1 aromatic carbocycles. The van der Waals surface area contributed by atoms with Crippen LogP contribution in [0.4, 0.5) is 0 Å². The molecule has 1 aliphatic rings. The third-order valence-electron chi connectivity index (χ3n) is 5.30. The predicted molar refractivity (Wildman–Crippen MR) is 108 cm³/mol. The first-order valence-electron chi connectivity index (χ1n) is 9.90. The molecule has 1 aliphatic heterocycles. The number of carbonyl (C=O) groups is 2. The number of nitrogens with one attached hydrogen (secondary N) is 1. The Balaban J connectivity index is 1.70. The molecule has 0 atom stereocenters. The van der Waals surface area contributed by atoms with Gasteiger partial charge in [-0.2, -0.15) is 0 Å². The van der Waals surface area contributed by atoms with Crippen LogP contribution in [0.1, 0.15) is 51.0 Å². The zero-order valence-corrected chi connectivity index (χ0v) is 17.0. The summed E-state index contributed by atoms with van der Waals surface area (Å²) < 4.78 is 4.92. The summed E-state index contributed by atoms with van der Waals surface area (Å²) in [5.74, 6) is -0.412. The Bertz CT molecular complexity index is 821. The maximum atomic E-state index is 13.2.